The molecule has 3 aromatic rings. The van der Waals surface area contributed by atoms with Crippen molar-refractivity contribution in [3.05, 3.63) is 77.9 Å². The lowest BCUT2D eigenvalue weighted by Crippen LogP contribution is -2.20. The third kappa shape index (κ3) is 5.46. The fraction of sp³-hybridized carbons (Fsp3) is 0.292. The minimum Gasteiger partial charge on any atom is -0.469 e. The van der Waals surface area contributed by atoms with Crippen LogP contribution in [0.25, 0.3) is 10.8 Å². The number of aryl methyl sites for hydroxylation is 1. The van der Waals surface area contributed by atoms with Crippen molar-refractivity contribution in [1.29, 1.82) is 0 Å². The van der Waals surface area contributed by atoms with Crippen molar-refractivity contribution < 1.29 is 22.1 Å². The van der Waals surface area contributed by atoms with Gasteiger partial charge in [-0.15, -0.1) is 0 Å². The van der Waals surface area contributed by atoms with Gasteiger partial charge in [-0.1, -0.05) is 60.2 Å². The van der Waals surface area contributed by atoms with Crippen molar-refractivity contribution in [2.75, 3.05) is 13.7 Å². The van der Waals surface area contributed by atoms with Crippen molar-refractivity contribution >= 4 is 26.9 Å². The van der Waals surface area contributed by atoms with E-state index in [9.17, 15) is 13.2 Å². The molecule has 0 aliphatic heterocycles. The number of rotatable bonds is 9. The first-order valence-electron chi connectivity index (χ1n) is 9.91. The highest BCUT2D eigenvalue weighted by Gasteiger charge is 2.21. The van der Waals surface area contributed by atoms with Gasteiger partial charge in [0.05, 0.1) is 24.5 Å². The second-order valence-corrected chi connectivity index (χ2v) is 8.91. The number of hydrogen-bond donors (Lipinski definition) is 0. The Morgan fingerprint density at radius 3 is 2.40 bits per heavy atom. The predicted octanol–water partition coefficient (Wildman–Crippen LogP) is 4.67. The number of hydrogen-bond acceptors (Lipinski definition) is 5. The monoisotopic (exact) mass is 426 g/mol. The zero-order chi connectivity index (χ0) is 21.6. The van der Waals surface area contributed by atoms with Crippen LogP contribution in [0.3, 0.4) is 0 Å². The largest absolute Gasteiger partial charge is 0.469 e. The molecular formula is C24H26O5S. The van der Waals surface area contributed by atoms with Crippen LogP contribution in [-0.2, 0) is 30.3 Å². The van der Waals surface area contributed by atoms with Crippen LogP contribution < -0.4 is 0 Å². The first kappa shape index (κ1) is 22.0. The second kappa shape index (κ2) is 9.87. The third-order valence-corrected chi connectivity index (χ3v) is 6.45. The van der Waals surface area contributed by atoms with Gasteiger partial charge in [-0.3, -0.25) is 8.98 Å². The molecule has 0 fully saturated rings. The molecular weight excluding hydrogens is 400 g/mol. The highest BCUT2D eigenvalue weighted by Crippen LogP contribution is 2.24. The number of fused-ring (bicyclic) bond motifs is 1. The average Bonchev–Trinajstić information content (AvgIpc) is 2.75. The molecule has 0 heterocycles. The molecule has 0 saturated carbocycles. The molecule has 1 unspecified atom stereocenters. The summed E-state index contributed by atoms with van der Waals surface area (Å²) in [6.07, 6.45) is 1.42. The Hall–Kier alpha value is -2.70. The highest BCUT2D eigenvalue weighted by molar-refractivity contribution is 7.86. The summed E-state index contributed by atoms with van der Waals surface area (Å²) in [6.45, 7) is 1.90. The lowest BCUT2D eigenvalue weighted by atomic mass is 9.92. The van der Waals surface area contributed by atoms with Gasteiger partial charge in [0.2, 0.25) is 0 Å². The van der Waals surface area contributed by atoms with Crippen LogP contribution in [0.4, 0.5) is 0 Å². The number of methoxy groups -OCH3 is 1. The molecule has 0 radical (unpaired) electrons. The lowest BCUT2D eigenvalue weighted by Gasteiger charge is -2.16. The molecule has 0 amide bonds. The van der Waals surface area contributed by atoms with Crippen molar-refractivity contribution in [3.63, 3.8) is 0 Å². The van der Waals surface area contributed by atoms with E-state index in [1.165, 1.54) is 19.2 Å². The minimum atomic E-state index is -3.80. The number of ether oxygens (including phenoxy) is 1. The number of esters is 1. The summed E-state index contributed by atoms with van der Waals surface area (Å²) < 4.78 is 34.7. The normalized spacial score (nSPS) is 12.6. The van der Waals surface area contributed by atoms with Gasteiger partial charge in [-0.05, 0) is 54.7 Å². The van der Waals surface area contributed by atoms with Crippen LogP contribution in [0.5, 0.6) is 0 Å². The van der Waals surface area contributed by atoms with E-state index in [-0.39, 0.29) is 23.4 Å². The fourth-order valence-electron chi connectivity index (χ4n) is 3.48. The average molecular weight is 427 g/mol. The van der Waals surface area contributed by atoms with Gasteiger partial charge in [-0.25, -0.2) is 0 Å². The van der Waals surface area contributed by atoms with Crippen LogP contribution >= 0.6 is 0 Å². The Morgan fingerprint density at radius 1 is 0.967 bits per heavy atom. The smallest absolute Gasteiger partial charge is 0.308 e. The van der Waals surface area contributed by atoms with E-state index in [1.54, 1.807) is 12.1 Å². The van der Waals surface area contributed by atoms with Gasteiger partial charge in [0, 0.05) is 0 Å². The molecule has 0 aliphatic rings. The number of carbonyl (C=O) groups is 1. The van der Waals surface area contributed by atoms with Crippen LogP contribution in [0.1, 0.15) is 24.0 Å². The molecule has 0 bridgehead atoms. The zero-order valence-electron chi connectivity index (χ0n) is 17.2. The van der Waals surface area contributed by atoms with E-state index in [4.69, 9.17) is 8.92 Å². The van der Waals surface area contributed by atoms with E-state index >= 15 is 0 Å². The van der Waals surface area contributed by atoms with Crippen molar-refractivity contribution in [2.45, 2.75) is 31.1 Å². The van der Waals surface area contributed by atoms with Crippen molar-refractivity contribution in [3.8, 4) is 0 Å². The summed E-state index contributed by atoms with van der Waals surface area (Å²) in [5, 5.41) is 2.22. The molecule has 1 atom stereocenters. The minimum absolute atomic E-state index is 0.0131. The van der Waals surface area contributed by atoms with Crippen LogP contribution in [0.2, 0.25) is 0 Å². The Balaban J connectivity index is 1.63. The van der Waals surface area contributed by atoms with Crippen LogP contribution in [0.15, 0.2) is 71.6 Å². The van der Waals surface area contributed by atoms with E-state index in [0.29, 0.717) is 19.3 Å². The number of benzene rings is 3. The molecule has 0 saturated heterocycles. The van der Waals surface area contributed by atoms with E-state index < -0.39 is 10.1 Å². The molecule has 6 heteroatoms. The SMILES string of the molecule is COC(=O)C(CCCOS(=O)(=O)c1ccc(C)cc1)Cc1cccc2ccccc12. The third-order valence-electron chi connectivity index (χ3n) is 5.13. The van der Waals surface area contributed by atoms with E-state index in [1.807, 2.05) is 49.4 Å². The Bertz CT molecular complexity index is 1100. The van der Waals surface area contributed by atoms with Gasteiger partial charge in [0.1, 0.15) is 0 Å². The molecule has 5 nitrogen and oxygen atoms in total. The first-order valence-corrected chi connectivity index (χ1v) is 11.3. The summed E-state index contributed by atoms with van der Waals surface area (Å²) in [5.74, 6) is -0.671. The Kier molecular flexibility index (Phi) is 7.24. The van der Waals surface area contributed by atoms with Gasteiger partial charge in [-0.2, -0.15) is 8.42 Å². The fourth-order valence-corrected chi connectivity index (χ4v) is 4.42. The van der Waals surface area contributed by atoms with E-state index in [2.05, 4.69) is 0 Å². The Morgan fingerprint density at radius 2 is 1.67 bits per heavy atom. The van der Waals surface area contributed by atoms with Gasteiger partial charge in [0.25, 0.3) is 10.1 Å². The summed E-state index contributed by atoms with van der Waals surface area (Å²) in [4.78, 5) is 12.4. The Labute approximate surface area is 177 Å². The topological polar surface area (TPSA) is 69.7 Å². The van der Waals surface area contributed by atoms with Gasteiger partial charge in [0.15, 0.2) is 0 Å². The van der Waals surface area contributed by atoms with Gasteiger partial charge < -0.3 is 4.74 Å². The first-order chi connectivity index (χ1) is 14.4. The second-order valence-electron chi connectivity index (χ2n) is 7.29. The van der Waals surface area contributed by atoms with E-state index in [0.717, 1.165) is 21.9 Å². The van der Waals surface area contributed by atoms with Crippen molar-refractivity contribution in [2.24, 2.45) is 5.92 Å². The van der Waals surface area contributed by atoms with Crippen LogP contribution in [-0.4, -0.2) is 28.1 Å². The highest BCUT2D eigenvalue weighted by atomic mass is 32.2. The van der Waals surface area contributed by atoms with Crippen LogP contribution in [0, 0.1) is 12.8 Å². The summed E-state index contributed by atoms with van der Waals surface area (Å²) >= 11 is 0. The quantitative estimate of drug-likeness (QED) is 0.283. The molecule has 0 N–H and O–H groups in total. The maximum atomic E-state index is 12.3. The molecule has 30 heavy (non-hydrogen) atoms. The lowest BCUT2D eigenvalue weighted by molar-refractivity contribution is -0.145. The molecule has 3 aromatic carbocycles. The molecule has 0 aromatic heterocycles. The molecule has 158 valence electrons. The van der Waals surface area contributed by atoms with Crippen molar-refractivity contribution in [1.82, 2.24) is 0 Å². The maximum Gasteiger partial charge on any atom is 0.308 e. The number of carbonyl (C=O) groups excluding carboxylic acids is 1. The van der Waals surface area contributed by atoms with Gasteiger partial charge >= 0.3 is 5.97 Å². The standard InChI is InChI=1S/C24H26O5S/c1-18-12-14-22(15-13-18)30(26,27)29-16-6-10-21(24(25)28-2)17-20-9-5-8-19-7-3-4-11-23(19)20/h3-5,7-9,11-15,21H,6,10,16-17H2,1-2H3. The molecule has 0 aliphatic carbocycles. The summed E-state index contributed by atoms with van der Waals surface area (Å²) in [5.41, 5.74) is 2.04. The zero-order valence-corrected chi connectivity index (χ0v) is 18.0. The predicted molar refractivity (Wildman–Crippen MR) is 117 cm³/mol. The summed E-state index contributed by atoms with van der Waals surface area (Å²) in [7, 11) is -2.43. The maximum absolute atomic E-state index is 12.3. The molecule has 3 rings (SSSR count). The molecule has 0 spiro atoms. The summed E-state index contributed by atoms with van der Waals surface area (Å²) in [6, 6.07) is 20.6.